The molecule has 2 N–H and O–H groups in total. The highest BCUT2D eigenvalue weighted by molar-refractivity contribution is 5.04. The van der Waals surface area contributed by atoms with Crippen molar-refractivity contribution in [2.75, 3.05) is 13.6 Å². The summed E-state index contributed by atoms with van der Waals surface area (Å²) in [5, 5.41) is 0. The third kappa shape index (κ3) is 3.03. The van der Waals surface area contributed by atoms with Gasteiger partial charge in [0.25, 0.3) is 0 Å². The fourth-order valence-corrected chi connectivity index (χ4v) is 2.28. The minimum absolute atomic E-state index is 0.0382. The number of hydrogen-bond acceptors (Lipinski definition) is 3. The van der Waals surface area contributed by atoms with E-state index in [2.05, 4.69) is 29.9 Å². The Morgan fingerprint density at radius 3 is 2.81 bits per heavy atom. The highest BCUT2D eigenvalue weighted by Gasteiger charge is 2.38. The van der Waals surface area contributed by atoms with Gasteiger partial charge in [-0.15, -0.1) is 0 Å². The lowest BCUT2D eigenvalue weighted by Gasteiger charge is -2.30. The van der Waals surface area contributed by atoms with E-state index in [4.69, 9.17) is 5.73 Å². The number of likely N-dealkylation sites (N-methyl/N-ethyl adjacent to an activating group) is 1. The Morgan fingerprint density at radius 1 is 1.50 bits per heavy atom. The molecular formula is C13H21N3. The number of nitrogens with two attached hydrogens (primary N) is 1. The van der Waals surface area contributed by atoms with Gasteiger partial charge in [0.1, 0.15) is 0 Å². The average Bonchev–Trinajstić information content (AvgIpc) is 3.01. The standard InChI is InChI=1S/C13H21N3/c1-13(14,11-6-7-11)10-16(2)9-12-5-3-4-8-15-12/h3-5,8,11H,6-7,9-10,14H2,1-2H3. The zero-order valence-electron chi connectivity index (χ0n) is 10.2. The van der Waals surface area contributed by atoms with Crippen LogP contribution in [-0.2, 0) is 6.54 Å². The first-order valence-corrected chi connectivity index (χ1v) is 5.95. The van der Waals surface area contributed by atoms with Crippen molar-refractivity contribution in [2.45, 2.75) is 31.8 Å². The summed E-state index contributed by atoms with van der Waals surface area (Å²) >= 11 is 0. The second kappa shape index (κ2) is 4.52. The number of nitrogens with zero attached hydrogens (tertiary/aromatic N) is 2. The molecule has 88 valence electrons. The molecule has 0 aliphatic heterocycles. The number of pyridine rings is 1. The Hall–Kier alpha value is -0.930. The van der Waals surface area contributed by atoms with Gasteiger partial charge in [0.15, 0.2) is 0 Å². The first-order chi connectivity index (χ1) is 7.58. The number of aromatic nitrogens is 1. The molecule has 16 heavy (non-hydrogen) atoms. The molecule has 0 aromatic carbocycles. The van der Waals surface area contributed by atoms with E-state index in [0.29, 0.717) is 0 Å². The summed E-state index contributed by atoms with van der Waals surface area (Å²) in [7, 11) is 2.11. The van der Waals surface area contributed by atoms with E-state index < -0.39 is 0 Å². The van der Waals surface area contributed by atoms with Gasteiger partial charge in [-0.2, -0.15) is 0 Å². The lowest BCUT2D eigenvalue weighted by Crippen LogP contribution is -2.48. The van der Waals surface area contributed by atoms with Crippen LogP contribution in [0.15, 0.2) is 24.4 Å². The molecule has 1 fully saturated rings. The summed E-state index contributed by atoms with van der Waals surface area (Å²) in [6.07, 6.45) is 4.43. The summed E-state index contributed by atoms with van der Waals surface area (Å²) < 4.78 is 0. The molecule has 1 saturated carbocycles. The lowest BCUT2D eigenvalue weighted by atomic mass is 9.97. The van der Waals surface area contributed by atoms with Crippen LogP contribution in [0.3, 0.4) is 0 Å². The summed E-state index contributed by atoms with van der Waals surface area (Å²) in [6.45, 7) is 3.98. The summed E-state index contributed by atoms with van der Waals surface area (Å²) in [5.74, 6) is 0.721. The smallest absolute Gasteiger partial charge is 0.0543 e. The SMILES string of the molecule is CN(Cc1ccccn1)CC(C)(N)C1CC1. The van der Waals surface area contributed by atoms with E-state index in [1.54, 1.807) is 0 Å². The zero-order valence-corrected chi connectivity index (χ0v) is 10.2. The van der Waals surface area contributed by atoms with Crippen molar-refractivity contribution in [3.63, 3.8) is 0 Å². The minimum atomic E-state index is -0.0382. The fourth-order valence-electron chi connectivity index (χ4n) is 2.28. The van der Waals surface area contributed by atoms with Gasteiger partial charge < -0.3 is 5.73 Å². The monoisotopic (exact) mass is 219 g/mol. The molecule has 1 aliphatic carbocycles. The van der Waals surface area contributed by atoms with Crippen LogP contribution in [-0.4, -0.2) is 29.0 Å². The number of hydrogen-bond donors (Lipinski definition) is 1. The van der Waals surface area contributed by atoms with Gasteiger partial charge in [-0.1, -0.05) is 6.07 Å². The van der Waals surface area contributed by atoms with E-state index in [9.17, 15) is 0 Å². The van der Waals surface area contributed by atoms with Crippen LogP contribution in [0.25, 0.3) is 0 Å². The highest BCUT2D eigenvalue weighted by Crippen LogP contribution is 2.38. The van der Waals surface area contributed by atoms with Crippen LogP contribution in [0.2, 0.25) is 0 Å². The quantitative estimate of drug-likeness (QED) is 0.818. The summed E-state index contributed by atoms with van der Waals surface area (Å²) in [5.41, 5.74) is 7.38. The van der Waals surface area contributed by atoms with Crippen molar-refractivity contribution in [3.05, 3.63) is 30.1 Å². The van der Waals surface area contributed by atoms with E-state index in [-0.39, 0.29) is 5.54 Å². The molecule has 1 aliphatic rings. The van der Waals surface area contributed by atoms with Crippen molar-refractivity contribution in [1.82, 2.24) is 9.88 Å². The van der Waals surface area contributed by atoms with Gasteiger partial charge in [0.05, 0.1) is 5.69 Å². The van der Waals surface area contributed by atoms with Crippen LogP contribution < -0.4 is 5.73 Å². The molecule has 0 saturated heterocycles. The second-order valence-electron chi connectivity index (χ2n) is 5.27. The van der Waals surface area contributed by atoms with Crippen LogP contribution in [0.4, 0.5) is 0 Å². The molecule has 3 nitrogen and oxygen atoms in total. The third-order valence-electron chi connectivity index (χ3n) is 3.28. The Labute approximate surface area is 97.7 Å². The van der Waals surface area contributed by atoms with Gasteiger partial charge in [-0.3, -0.25) is 9.88 Å². The maximum Gasteiger partial charge on any atom is 0.0543 e. The minimum Gasteiger partial charge on any atom is -0.324 e. The van der Waals surface area contributed by atoms with Crippen LogP contribution in [0, 0.1) is 5.92 Å². The topological polar surface area (TPSA) is 42.2 Å². The predicted octanol–water partition coefficient (Wildman–Crippen LogP) is 1.64. The van der Waals surface area contributed by atoms with E-state index in [1.807, 2.05) is 18.3 Å². The molecule has 1 aromatic rings. The molecule has 1 aromatic heterocycles. The second-order valence-corrected chi connectivity index (χ2v) is 5.27. The molecule has 0 spiro atoms. The Bertz CT molecular complexity index is 330. The maximum atomic E-state index is 6.31. The Balaban J connectivity index is 1.86. The first kappa shape index (κ1) is 11.6. The van der Waals surface area contributed by atoms with Crippen molar-refractivity contribution < 1.29 is 0 Å². The Morgan fingerprint density at radius 2 is 2.25 bits per heavy atom. The van der Waals surface area contributed by atoms with Crippen molar-refractivity contribution >= 4 is 0 Å². The van der Waals surface area contributed by atoms with Gasteiger partial charge in [-0.05, 0) is 44.9 Å². The van der Waals surface area contributed by atoms with E-state index >= 15 is 0 Å². The van der Waals surface area contributed by atoms with Crippen molar-refractivity contribution in [3.8, 4) is 0 Å². The normalized spacial score (nSPS) is 19.8. The van der Waals surface area contributed by atoms with Crippen LogP contribution in [0.5, 0.6) is 0 Å². The van der Waals surface area contributed by atoms with Gasteiger partial charge >= 0.3 is 0 Å². The zero-order chi connectivity index (χ0) is 11.6. The summed E-state index contributed by atoms with van der Waals surface area (Å²) in [6, 6.07) is 6.03. The Kier molecular flexibility index (Phi) is 3.26. The third-order valence-corrected chi connectivity index (χ3v) is 3.28. The molecule has 1 atom stereocenters. The van der Waals surface area contributed by atoms with Crippen LogP contribution >= 0.6 is 0 Å². The first-order valence-electron chi connectivity index (χ1n) is 5.95. The number of rotatable bonds is 5. The largest absolute Gasteiger partial charge is 0.324 e. The highest BCUT2D eigenvalue weighted by atomic mass is 15.1. The van der Waals surface area contributed by atoms with Gasteiger partial charge in [0.2, 0.25) is 0 Å². The summed E-state index contributed by atoms with van der Waals surface area (Å²) in [4.78, 5) is 6.59. The maximum absolute atomic E-state index is 6.31. The molecule has 0 amide bonds. The lowest BCUT2D eigenvalue weighted by molar-refractivity contribution is 0.230. The fraction of sp³-hybridized carbons (Fsp3) is 0.615. The van der Waals surface area contributed by atoms with Crippen molar-refractivity contribution in [2.24, 2.45) is 11.7 Å². The molecule has 3 heteroatoms. The molecule has 0 radical (unpaired) electrons. The average molecular weight is 219 g/mol. The van der Waals surface area contributed by atoms with Gasteiger partial charge in [0, 0.05) is 24.8 Å². The molecular weight excluding hydrogens is 198 g/mol. The van der Waals surface area contributed by atoms with E-state index in [0.717, 1.165) is 24.7 Å². The van der Waals surface area contributed by atoms with Crippen molar-refractivity contribution in [1.29, 1.82) is 0 Å². The molecule has 0 bridgehead atoms. The van der Waals surface area contributed by atoms with Gasteiger partial charge in [-0.25, -0.2) is 0 Å². The molecule has 1 heterocycles. The predicted molar refractivity (Wildman–Crippen MR) is 65.9 cm³/mol. The van der Waals surface area contributed by atoms with Crippen LogP contribution in [0.1, 0.15) is 25.5 Å². The van der Waals surface area contributed by atoms with E-state index in [1.165, 1.54) is 12.8 Å². The molecule has 2 rings (SSSR count). The molecule has 1 unspecified atom stereocenters.